The molecule has 0 heterocycles. The van der Waals surface area contributed by atoms with Crippen LogP contribution in [0.15, 0.2) is 0 Å². The van der Waals surface area contributed by atoms with Crippen LogP contribution in [0.4, 0.5) is 0 Å². The Balaban J connectivity index is 3.27. The minimum atomic E-state index is 0.618. The van der Waals surface area contributed by atoms with Crippen molar-refractivity contribution in [1.82, 2.24) is 10.6 Å². The zero-order chi connectivity index (χ0) is 12.2. The molecule has 0 amide bonds. The van der Waals surface area contributed by atoms with E-state index in [-0.39, 0.29) is 0 Å². The predicted octanol–water partition coefficient (Wildman–Crippen LogP) is 3.18. The van der Waals surface area contributed by atoms with Crippen molar-refractivity contribution in [1.29, 1.82) is 0 Å². The molecular formula is C14H32N2. The quantitative estimate of drug-likeness (QED) is 0.531. The second-order valence-electron chi connectivity index (χ2n) is 5.08. The molecule has 2 heteroatoms. The van der Waals surface area contributed by atoms with Gasteiger partial charge in [-0.15, -0.1) is 0 Å². The molecule has 0 aliphatic rings. The van der Waals surface area contributed by atoms with Crippen LogP contribution < -0.4 is 10.6 Å². The summed E-state index contributed by atoms with van der Waals surface area (Å²) >= 11 is 0. The molecule has 1 atom stereocenters. The minimum Gasteiger partial charge on any atom is -0.316 e. The van der Waals surface area contributed by atoms with Crippen molar-refractivity contribution in [2.24, 2.45) is 5.92 Å². The molecule has 16 heavy (non-hydrogen) atoms. The molecule has 0 saturated heterocycles. The summed E-state index contributed by atoms with van der Waals surface area (Å²) in [6.45, 7) is 12.5. The van der Waals surface area contributed by atoms with E-state index in [1.165, 1.54) is 38.6 Å². The van der Waals surface area contributed by atoms with E-state index in [0.717, 1.165) is 19.0 Å². The van der Waals surface area contributed by atoms with E-state index in [1.54, 1.807) is 0 Å². The van der Waals surface area contributed by atoms with Crippen LogP contribution in [0, 0.1) is 5.92 Å². The first kappa shape index (κ1) is 15.9. The number of hydrogen-bond acceptors (Lipinski definition) is 2. The number of unbranched alkanes of at least 4 members (excludes halogenated alkanes) is 1. The molecule has 0 spiro atoms. The van der Waals surface area contributed by atoms with Gasteiger partial charge in [0.1, 0.15) is 0 Å². The Morgan fingerprint density at radius 2 is 1.75 bits per heavy atom. The van der Waals surface area contributed by atoms with Crippen molar-refractivity contribution in [3.63, 3.8) is 0 Å². The van der Waals surface area contributed by atoms with Gasteiger partial charge >= 0.3 is 0 Å². The Bertz CT molecular complexity index is 135. The number of nitrogens with one attached hydrogen (secondary N) is 2. The van der Waals surface area contributed by atoms with E-state index in [4.69, 9.17) is 0 Å². The van der Waals surface area contributed by atoms with E-state index in [0.29, 0.717) is 6.04 Å². The van der Waals surface area contributed by atoms with Crippen molar-refractivity contribution < 1.29 is 0 Å². The molecule has 0 aromatic carbocycles. The molecule has 2 N–H and O–H groups in total. The van der Waals surface area contributed by atoms with Gasteiger partial charge < -0.3 is 10.6 Å². The van der Waals surface area contributed by atoms with Crippen molar-refractivity contribution in [2.75, 3.05) is 19.6 Å². The first-order valence-corrected chi connectivity index (χ1v) is 7.14. The molecule has 0 saturated carbocycles. The van der Waals surface area contributed by atoms with Crippen LogP contribution in [0.5, 0.6) is 0 Å². The van der Waals surface area contributed by atoms with Crippen molar-refractivity contribution >= 4 is 0 Å². The van der Waals surface area contributed by atoms with Gasteiger partial charge in [-0.1, -0.05) is 47.0 Å². The summed E-state index contributed by atoms with van der Waals surface area (Å²) < 4.78 is 0. The zero-order valence-corrected chi connectivity index (χ0v) is 11.8. The van der Waals surface area contributed by atoms with Crippen LogP contribution in [-0.2, 0) is 0 Å². The van der Waals surface area contributed by atoms with Crippen molar-refractivity contribution in [3.05, 3.63) is 0 Å². The summed E-state index contributed by atoms with van der Waals surface area (Å²) in [5.41, 5.74) is 0. The lowest BCUT2D eigenvalue weighted by molar-refractivity contribution is 0.416. The lowest BCUT2D eigenvalue weighted by Gasteiger charge is -2.15. The largest absolute Gasteiger partial charge is 0.316 e. The average Bonchev–Trinajstić information content (AvgIpc) is 2.26. The van der Waals surface area contributed by atoms with Gasteiger partial charge in [0.25, 0.3) is 0 Å². The Labute approximate surface area is 103 Å². The molecule has 0 aromatic rings. The van der Waals surface area contributed by atoms with Gasteiger partial charge in [0, 0.05) is 6.04 Å². The Morgan fingerprint density at radius 3 is 2.31 bits per heavy atom. The standard InChI is InChI=1S/C14H32N2/c1-5-7-9-14(6-2)12-15-10-8-11-16-13(3)4/h13-16H,5-12H2,1-4H3. The summed E-state index contributed by atoms with van der Waals surface area (Å²) in [5, 5.41) is 7.02. The van der Waals surface area contributed by atoms with Gasteiger partial charge in [0.2, 0.25) is 0 Å². The lowest BCUT2D eigenvalue weighted by Crippen LogP contribution is -2.29. The molecule has 0 aliphatic carbocycles. The van der Waals surface area contributed by atoms with Crippen LogP contribution in [0.3, 0.4) is 0 Å². The first-order chi connectivity index (χ1) is 7.70. The van der Waals surface area contributed by atoms with E-state index >= 15 is 0 Å². The fraction of sp³-hybridized carbons (Fsp3) is 1.00. The zero-order valence-electron chi connectivity index (χ0n) is 11.8. The summed E-state index contributed by atoms with van der Waals surface area (Å²) in [4.78, 5) is 0. The van der Waals surface area contributed by atoms with E-state index in [1.807, 2.05) is 0 Å². The second kappa shape index (κ2) is 11.4. The highest BCUT2D eigenvalue weighted by atomic mass is 14.9. The number of rotatable bonds is 11. The lowest BCUT2D eigenvalue weighted by atomic mass is 9.99. The molecule has 0 aromatic heterocycles. The van der Waals surface area contributed by atoms with Crippen LogP contribution in [0.1, 0.15) is 59.8 Å². The van der Waals surface area contributed by atoms with Gasteiger partial charge in [-0.3, -0.25) is 0 Å². The van der Waals surface area contributed by atoms with Crippen LogP contribution in [-0.4, -0.2) is 25.7 Å². The minimum absolute atomic E-state index is 0.618. The van der Waals surface area contributed by atoms with Crippen molar-refractivity contribution in [2.45, 2.75) is 65.8 Å². The maximum absolute atomic E-state index is 3.58. The summed E-state index contributed by atoms with van der Waals surface area (Å²) in [5.74, 6) is 0.887. The molecule has 1 unspecified atom stereocenters. The molecule has 0 aliphatic heterocycles. The van der Waals surface area contributed by atoms with Gasteiger partial charge in [-0.25, -0.2) is 0 Å². The topological polar surface area (TPSA) is 24.1 Å². The molecule has 2 nitrogen and oxygen atoms in total. The predicted molar refractivity (Wildman–Crippen MR) is 73.9 cm³/mol. The smallest absolute Gasteiger partial charge is 0.00103 e. The Kier molecular flexibility index (Phi) is 11.3. The van der Waals surface area contributed by atoms with E-state index < -0.39 is 0 Å². The van der Waals surface area contributed by atoms with Crippen LogP contribution in [0.2, 0.25) is 0 Å². The van der Waals surface area contributed by atoms with Gasteiger partial charge in [0.15, 0.2) is 0 Å². The molecule has 0 bridgehead atoms. The Hall–Kier alpha value is -0.0800. The van der Waals surface area contributed by atoms with Gasteiger partial charge in [-0.2, -0.15) is 0 Å². The molecular weight excluding hydrogens is 196 g/mol. The average molecular weight is 228 g/mol. The van der Waals surface area contributed by atoms with Gasteiger partial charge in [-0.05, 0) is 38.4 Å². The monoisotopic (exact) mass is 228 g/mol. The Morgan fingerprint density at radius 1 is 1.00 bits per heavy atom. The van der Waals surface area contributed by atoms with E-state index in [2.05, 4.69) is 38.3 Å². The summed E-state index contributed by atoms with van der Waals surface area (Å²) in [6.07, 6.45) is 6.66. The fourth-order valence-corrected chi connectivity index (χ4v) is 1.85. The van der Waals surface area contributed by atoms with Crippen LogP contribution >= 0.6 is 0 Å². The third kappa shape index (κ3) is 10.4. The van der Waals surface area contributed by atoms with E-state index in [9.17, 15) is 0 Å². The third-order valence-electron chi connectivity index (χ3n) is 3.06. The maximum atomic E-state index is 3.58. The second-order valence-corrected chi connectivity index (χ2v) is 5.08. The SMILES string of the molecule is CCCCC(CC)CNCCCNC(C)C. The summed E-state index contributed by atoms with van der Waals surface area (Å²) in [6, 6.07) is 0.618. The highest BCUT2D eigenvalue weighted by Gasteiger charge is 2.04. The first-order valence-electron chi connectivity index (χ1n) is 7.14. The molecule has 0 rings (SSSR count). The van der Waals surface area contributed by atoms with Crippen LogP contribution in [0.25, 0.3) is 0 Å². The molecule has 98 valence electrons. The highest BCUT2D eigenvalue weighted by molar-refractivity contribution is 4.62. The number of hydrogen-bond donors (Lipinski definition) is 2. The molecule has 0 fully saturated rings. The van der Waals surface area contributed by atoms with Gasteiger partial charge in [0.05, 0.1) is 0 Å². The highest BCUT2D eigenvalue weighted by Crippen LogP contribution is 2.10. The molecule has 0 radical (unpaired) electrons. The third-order valence-corrected chi connectivity index (χ3v) is 3.06. The summed E-state index contributed by atoms with van der Waals surface area (Å²) in [7, 11) is 0. The fourth-order valence-electron chi connectivity index (χ4n) is 1.85. The maximum Gasteiger partial charge on any atom is 0.00103 e. The normalized spacial score (nSPS) is 13.3. The van der Waals surface area contributed by atoms with Crippen molar-refractivity contribution in [3.8, 4) is 0 Å².